The fourth-order valence-electron chi connectivity index (χ4n) is 2.39. The van der Waals surface area contributed by atoms with E-state index in [1.807, 2.05) is 0 Å². The molecule has 0 aromatic carbocycles. The van der Waals surface area contributed by atoms with Gasteiger partial charge in [0.2, 0.25) is 5.82 Å². The maximum Gasteiger partial charge on any atom is 0.451 e. The number of anilines is 1. The SMILES string of the molecule is OCCC1CCCN(c2cc(Cl)nc(C(F)(F)F)n2)C1. The number of rotatable bonds is 3. The van der Waals surface area contributed by atoms with E-state index in [0.717, 1.165) is 12.8 Å². The zero-order valence-corrected chi connectivity index (χ0v) is 11.5. The maximum atomic E-state index is 12.7. The first-order valence-electron chi connectivity index (χ1n) is 6.37. The highest BCUT2D eigenvalue weighted by molar-refractivity contribution is 6.29. The van der Waals surface area contributed by atoms with Crippen LogP contribution in [0.15, 0.2) is 6.07 Å². The molecule has 1 aromatic heterocycles. The smallest absolute Gasteiger partial charge is 0.396 e. The van der Waals surface area contributed by atoms with Gasteiger partial charge in [0.05, 0.1) is 0 Å². The molecule has 0 bridgehead atoms. The molecule has 2 rings (SSSR count). The minimum Gasteiger partial charge on any atom is -0.396 e. The van der Waals surface area contributed by atoms with Crippen LogP contribution >= 0.6 is 11.6 Å². The van der Waals surface area contributed by atoms with Gasteiger partial charge >= 0.3 is 6.18 Å². The highest BCUT2D eigenvalue weighted by Gasteiger charge is 2.36. The number of alkyl halides is 3. The van der Waals surface area contributed by atoms with E-state index in [2.05, 4.69) is 9.97 Å². The average Bonchev–Trinajstić information content (AvgIpc) is 2.38. The van der Waals surface area contributed by atoms with Gasteiger partial charge in [0, 0.05) is 25.8 Å². The van der Waals surface area contributed by atoms with E-state index < -0.39 is 12.0 Å². The normalized spacial score (nSPS) is 20.2. The minimum absolute atomic E-state index is 0.0802. The van der Waals surface area contributed by atoms with Crippen molar-refractivity contribution in [3.63, 3.8) is 0 Å². The summed E-state index contributed by atoms with van der Waals surface area (Å²) in [5.74, 6) is -0.763. The lowest BCUT2D eigenvalue weighted by atomic mass is 9.95. The van der Waals surface area contributed by atoms with Gasteiger partial charge in [-0.2, -0.15) is 13.2 Å². The number of piperidine rings is 1. The van der Waals surface area contributed by atoms with Crippen LogP contribution in [0.3, 0.4) is 0 Å². The summed E-state index contributed by atoms with van der Waals surface area (Å²) >= 11 is 5.66. The summed E-state index contributed by atoms with van der Waals surface area (Å²) in [5.41, 5.74) is 0. The Morgan fingerprint density at radius 1 is 1.40 bits per heavy atom. The van der Waals surface area contributed by atoms with Gasteiger partial charge in [-0.1, -0.05) is 11.6 Å². The second-order valence-corrected chi connectivity index (χ2v) is 5.22. The van der Waals surface area contributed by atoms with Crippen LogP contribution in [0.25, 0.3) is 0 Å². The highest BCUT2D eigenvalue weighted by atomic mass is 35.5. The number of hydrogen-bond acceptors (Lipinski definition) is 4. The van der Waals surface area contributed by atoms with Crippen LogP contribution in [-0.4, -0.2) is 34.8 Å². The molecule has 1 aliphatic heterocycles. The van der Waals surface area contributed by atoms with Crippen molar-refractivity contribution in [1.29, 1.82) is 0 Å². The Bertz CT molecular complexity index is 468. The number of aliphatic hydroxyl groups excluding tert-OH is 1. The third-order valence-corrected chi connectivity index (χ3v) is 3.51. The predicted molar refractivity (Wildman–Crippen MR) is 68.7 cm³/mol. The summed E-state index contributed by atoms with van der Waals surface area (Å²) in [6.45, 7) is 1.29. The molecule has 0 saturated carbocycles. The first-order chi connectivity index (χ1) is 9.40. The molecule has 0 aliphatic carbocycles. The second-order valence-electron chi connectivity index (χ2n) is 4.84. The summed E-state index contributed by atoms with van der Waals surface area (Å²) in [7, 11) is 0. The molecular formula is C12H15ClF3N3O. The maximum absolute atomic E-state index is 12.7. The minimum atomic E-state index is -4.61. The molecule has 20 heavy (non-hydrogen) atoms. The van der Waals surface area contributed by atoms with E-state index in [4.69, 9.17) is 16.7 Å². The Labute approximate surface area is 119 Å². The first kappa shape index (κ1) is 15.3. The van der Waals surface area contributed by atoms with Gasteiger partial charge < -0.3 is 10.0 Å². The molecule has 0 amide bonds. The van der Waals surface area contributed by atoms with Gasteiger partial charge in [-0.25, -0.2) is 9.97 Å². The van der Waals surface area contributed by atoms with E-state index in [0.29, 0.717) is 19.5 Å². The molecule has 1 N–H and O–H groups in total. The van der Waals surface area contributed by atoms with Crippen molar-refractivity contribution < 1.29 is 18.3 Å². The van der Waals surface area contributed by atoms with Crippen molar-refractivity contribution in [2.45, 2.75) is 25.4 Å². The number of aliphatic hydroxyl groups is 1. The largest absolute Gasteiger partial charge is 0.451 e. The molecule has 112 valence electrons. The number of hydrogen-bond donors (Lipinski definition) is 1. The monoisotopic (exact) mass is 309 g/mol. The Morgan fingerprint density at radius 2 is 2.15 bits per heavy atom. The number of aromatic nitrogens is 2. The van der Waals surface area contributed by atoms with E-state index in [9.17, 15) is 13.2 Å². The van der Waals surface area contributed by atoms with Crippen LogP contribution in [0.4, 0.5) is 19.0 Å². The van der Waals surface area contributed by atoms with Gasteiger partial charge in [-0.3, -0.25) is 0 Å². The molecule has 1 fully saturated rings. The van der Waals surface area contributed by atoms with Gasteiger partial charge in [-0.05, 0) is 25.2 Å². The fraction of sp³-hybridized carbons (Fsp3) is 0.667. The van der Waals surface area contributed by atoms with Crippen molar-refractivity contribution in [1.82, 2.24) is 9.97 Å². The molecule has 1 aliphatic rings. The topological polar surface area (TPSA) is 49.2 Å². The van der Waals surface area contributed by atoms with Crippen LogP contribution in [0.1, 0.15) is 25.1 Å². The van der Waals surface area contributed by atoms with Crippen molar-refractivity contribution in [3.05, 3.63) is 17.0 Å². The number of nitrogens with zero attached hydrogens (tertiary/aromatic N) is 3. The lowest BCUT2D eigenvalue weighted by molar-refractivity contribution is -0.144. The summed E-state index contributed by atoms with van der Waals surface area (Å²) < 4.78 is 38.0. The van der Waals surface area contributed by atoms with Gasteiger partial charge in [0.1, 0.15) is 11.0 Å². The van der Waals surface area contributed by atoms with Crippen molar-refractivity contribution in [3.8, 4) is 0 Å². The Kier molecular flexibility index (Phi) is 4.70. The standard InChI is InChI=1S/C12H15ClF3N3O/c13-9-6-10(18-11(17-9)12(14,15)16)19-4-1-2-8(7-19)3-5-20/h6,8,20H,1-5,7H2. The van der Waals surface area contributed by atoms with E-state index in [-0.39, 0.29) is 23.5 Å². The number of halogens is 4. The van der Waals surface area contributed by atoms with E-state index in [1.54, 1.807) is 4.90 Å². The summed E-state index contributed by atoms with van der Waals surface area (Å²) in [4.78, 5) is 8.55. The first-order valence-corrected chi connectivity index (χ1v) is 6.75. The molecule has 1 aromatic rings. The Hall–Kier alpha value is -1.08. The molecule has 1 unspecified atom stereocenters. The average molecular weight is 310 g/mol. The van der Waals surface area contributed by atoms with Crippen LogP contribution in [0.2, 0.25) is 5.15 Å². The molecule has 2 heterocycles. The molecule has 1 atom stereocenters. The Morgan fingerprint density at radius 3 is 2.80 bits per heavy atom. The van der Waals surface area contributed by atoms with Gasteiger partial charge in [-0.15, -0.1) is 0 Å². The quantitative estimate of drug-likeness (QED) is 0.872. The third-order valence-electron chi connectivity index (χ3n) is 3.32. The second kappa shape index (κ2) is 6.13. The van der Waals surface area contributed by atoms with Crippen LogP contribution in [-0.2, 0) is 6.18 Å². The molecular weight excluding hydrogens is 295 g/mol. The van der Waals surface area contributed by atoms with Crippen LogP contribution in [0.5, 0.6) is 0 Å². The Balaban J connectivity index is 2.21. The van der Waals surface area contributed by atoms with Crippen molar-refractivity contribution >= 4 is 17.4 Å². The fourth-order valence-corrected chi connectivity index (χ4v) is 2.56. The summed E-state index contributed by atoms with van der Waals surface area (Å²) in [5, 5.41) is 8.74. The highest BCUT2D eigenvalue weighted by Crippen LogP contribution is 2.30. The van der Waals surface area contributed by atoms with Crippen molar-refractivity contribution in [2.75, 3.05) is 24.6 Å². The zero-order valence-electron chi connectivity index (χ0n) is 10.7. The molecule has 0 radical (unpaired) electrons. The lowest BCUT2D eigenvalue weighted by Crippen LogP contribution is -2.36. The lowest BCUT2D eigenvalue weighted by Gasteiger charge is -2.33. The van der Waals surface area contributed by atoms with Crippen LogP contribution in [0, 0.1) is 5.92 Å². The molecule has 0 spiro atoms. The van der Waals surface area contributed by atoms with E-state index in [1.165, 1.54) is 6.07 Å². The molecule has 8 heteroatoms. The van der Waals surface area contributed by atoms with Crippen molar-refractivity contribution in [2.24, 2.45) is 5.92 Å². The van der Waals surface area contributed by atoms with E-state index >= 15 is 0 Å². The molecule has 4 nitrogen and oxygen atoms in total. The molecule has 1 saturated heterocycles. The predicted octanol–water partition coefficient (Wildman–Crippen LogP) is 2.75. The zero-order chi connectivity index (χ0) is 14.8. The third kappa shape index (κ3) is 3.73. The summed E-state index contributed by atoms with van der Waals surface area (Å²) in [6, 6.07) is 1.35. The van der Waals surface area contributed by atoms with Crippen LogP contribution < -0.4 is 4.90 Å². The summed E-state index contributed by atoms with van der Waals surface area (Å²) in [6.07, 6.45) is -2.16. The van der Waals surface area contributed by atoms with Gasteiger partial charge in [0.15, 0.2) is 0 Å². The van der Waals surface area contributed by atoms with Gasteiger partial charge in [0.25, 0.3) is 0 Å².